The van der Waals surface area contributed by atoms with Gasteiger partial charge in [-0.3, -0.25) is 0 Å². The van der Waals surface area contributed by atoms with E-state index in [0.29, 0.717) is 18.4 Å². The van der Waals surface area contributed by atoms with Crippen LogP contribution in [0.25, 0.3) is 0 Å². The fourth-order valence-electron chi connectivity index (χ4n) is 3.18. The molecule has 0 aliphatic carbocycles. The number of hydrogen-bond acceptors (Lipinski definition) is 3. The Bertz CT molecular complexity index is 564. The Morgan fingerprint density at radius 1 is 1.18 bits per heavy atom. The minimum atomic E-state index is -3.54. The molecule has 1 heterocycles. The van der Waals surface area contributed by atoms with Crippen molar-refractivity contribution in [3.8, 4) is 0 Å². The van der Waals surface area contributed by atoms with Crippen molar-refractivity contribution in [2.24, 2.45) is 11.8 Å². The SMILES string of the molecule is C[C@H]1C[C@H](C)CN(CCCNS(=O)(=O)c2ccc(F)cc2)C1. The van der Waals surface area contributed by atoms with Crippen LogP contribution in [0.1, 0.15) is 26.7 Å². The van der Waals surface area contributed by atoms with Crippen LogP contribution in [0.15, 0.2) is 29.2 Å². The summed E-state index contributed by atoms with van der Waals surface area (Å²) >= 11 is 0. The quantitative estimate of drug-likeness (QED) is 0.816. The normalized spacial score (nSPS) is 23.6. The van der Waals surface area contributed by atoms with Gasteiger partial charge in [0, 0.05) is 19.6 Å². The third-order valence-corrected chi connectivity index (χ3v) is 5.49. The van der Waals surface area contributed by atoms with E-state index in [4.69, 9.17) is 0 Å². The number of nitrogens with one attached hydrogen (secondary N) is 1. The maximum Gasteiger partial charge on any atom is 0.240 e. The third kappa shape index (κ3) is 5.04. The first-order chi connectivity index (χ1) is 10.4. The molecule has 4 nitrogen and oxygen atoms in total. The molecule has 22 heavy (non-hydrogen) atoms. The number of likely N-dealkylation sites (tertiary alicyclic amines) is 1. The van der Waals surface area contributed by atoms with Gasteiger partial charge in [0.15, 0.2) is 0 Å². The molecule has 1 fully saturated rings. The molecule has 1 aliphatic rings. The molecule has 0 radical (unpaired) electrons. The monoisotopic (exact) mass is 328 g/mol. The molecule has 0 saturated carbocycles. The highest BCUT2D eigenvalue weighted by Gasteiger charge is 2.21. The van der Waals surface area contributed by atoms with Crippen molar-refractivity contribution < 1.29 is 12.8 Å². The zero-order chi connectivity index (χ0) is 16.2. The summed E-state index contributed by atoms with van der Waals surface area (Å²) in [6.45, 7) is 8.02. The van der Waals surface area contributed by atoms with Crippen molar-refractivity contribution in [2.45, 2.75) is 31.6 Å². The van der Waals surface area contributed by atoms with E-state index in [9.17, 15) is 12.8 Å². The summed E-state index contributed by atoms with van der Waals surface area (Å²) in [5.41, 5.74) is 0. The molecule has 1 aromatic rings. The summed E-state index contributed by atoms with van der Waals surface area (Å²) in [4.78, 5) is 2.51. The van der Waals surface area contributed by atoms with Crippen molar-refractivity contribution in [1.29, 1.82) is 0 Å². The van der Waals surface area contributed by atoms with Crippen LogP contribution in [0.2, 0.25) is 0 Å². The van der Waals surface area contributed by atoms with Gasteiger partial charge < -0.3 is 4.90 Å². The highest BCUT2D eigenvalue weighted by atomic mass is 32.2. The predicted octanol–water partition coefficient (Wildman–Crippen LogP) is 2.47. The van der Waals surface area contributed by atoms with Gasteiger partial charge in [-0.25, -0.2) is 17.5 Å². The van der Waals surface area contributed by atoms with Crippen molar-refractivity contribution in [2.75, 3.05) is 26.2 Å². The Hall–Kier alpha value is -0.980. The van der Waals surface area contributed by atoms with E-state index in [0.717, 1.165) is 38.2 Å². The van der Waals surface area contributed by atoms with Crippen LogP contribution in [-0.4, -0.2) is 39.5 Å². The number of hydrogen-bond donors (Lipinski definition) is 1. The van der Waals surface area contributed by atoms with Crippen molar-refractivity contribution >= 4 is 10.0 Å². The molecule has 124 valence electrons. The molecule has 1 saturated heterocycles. The lowest BCUT2D eigenvalue weighted by Crippen LogP contribution is -2.40. The number of benzene rings is 1. The van der Waals surface area contributed by atoms with Gasteiger partial charge in [0.25, 0.3) is 0 Å². The summed E-state index contributed by atoms with van der Waals surface area (Å²) < 4.78 is 39.5. The molecule has 1 aromatic carbocycles. The minimum Gasteiger partial charge on any atom is -0.303 e. The van der Waals surface area contributed by atoms with Crippen LogP contribution in [0.3, 0.4) is 0 Å². The average Bonchev–Trinajstić information content (AvgIpc) is 2.43. The number of rotatable bonds is 6. The van der Waals surface area contributed by atoms with E-state index >= 15 is 0 Å². The van der Waals surface area contributed by atoms with Crippen LogP contribution in [0, 0.1) is 17.7 Å². The highest BCUT2D eigenvalue weighted by Crippen LogP contribution is 2.20. The summed E-state index contributed by atoms with van der Waals surface area (Å²) in [5, 5.41) is 0. The van der Waals surface area contributed by atoms with Crippen LogP contribution in [-0.2, 0) is 10.0 Å². The van der Waals surface area contributed by atoms with Gasteiger partial charge in [-0.15, -0.1) is 0 Å². The van der Waals surface area contributed by atoms with E-state index in [-0.39, 0.29) is 4.90 Å². The Morgan fingerprint density at radius 3 is 2.36 bits per heavy atom. The molecular weight excluding hydrogens is 303 g/mol. The maximum atomic E-state index is 12.8. The predicted molar refractivity (Wildman–Crippen MR) is 85.6 cm³/mol. The smallest absolute Gasteiger partial charge is 0.240 e. The topological polar surface area (TPSA) is 49.4 Å². The Kier molecular flexibility index (Phi) is 5.94. The molecule has 2 atom stereocenters. The van der Waals surface area contributed by atoms with Crippen molar-refractivity contribution in [1.82, 2.24) is 9.62 Å². The van der Waals surface area contributed by atoms with E-state index < -0.39 is 15.8 Å². The van der Waals surface area contributed by atoms with Crippen LogP contribution >= 0.6 is 0 Å². The van der Waals surface area contributed by atoms with E-state index in [1.54, 1.807) is 0 Å². The van der Waals surface area contributed by atoms with Crippen molar-refractivity contribution in [3.05, 3.63) is 30.1 Å². The van der Waals surface area contributed by atoms with Gasteiger partial charge in [0.2, 0.25) is 10.0 Å². The molecule has 0 aromatic heterocycles. The zero-order valence-electron chi connectivity index (χ0n) is 13.3. The van der Waals surface area contributed by atoms with Crippen LogP contribution in [0.5, 0.6) is 0 Å². The fraction of sp³-hybridized carbons (Fsp3) is 0.625. The van der Waals surface area contributed by atoms with Gasteiger partial charge in [0.05, 0.1) is 4.90 Å². The molecule has 6 heteroatoms. The molecule has 1 aliphatic heterocycles. The lowest BCUT2D eigenvalue weighted by atomic mass is 9.92. The molecule has 1 N–H and O–H groups in total. The van der Waals surface area contributed by atoms with Gasteiger partial charge in [-0.2, -0.15) is 0 Å². The summed E-state index contributed by atoms with van der Waals surface area (Å²) in [6, 6.07) is 4.88. The Morgan fingerprint density at radius 2 is 1.77 bits per heavy atom. The van der Waals surface area contributed by atoms with Crippen LogP contribution in [0.4, 0.5) is 4.39 Å². The molecular formula is C16H25FN2O2S. The van der Waals surface area contributed by atoms with Gasteiger partial charge >= 0.3 is 0 Å². The summed E-state index contributed by atoms with van der Waals surface area (Å²) in [7, 11) is -3.54. The second-order valence-electron chi connectivity index (χ2n) is 6.41. The largest absolute Gasteiger partial charge is 0.303 e. The first-order valence-corrected chi connectivity index (χ1v) is 9.33. The second-order valence-corrected chi connectivity index (χ2v) is 8.18. The highest BCUT2D eigenvalue weighted by molar-refractivity contribution is 7.89. The molecule has 2 rings (SSSR count). The first-order valence-electron chi connectivity index (χ1n) is 7.84. The van der Waals surface area contributed by atoms with Crippen LogP contribution < -0.4 is 4.72 Å². The molecule has 0 spiro atoms. The second kappa shape index (κ2) is 7.53. The first kappa shape index (κ1) is 17.4. The van der Waals surface area contributed by atoms with E-state index in [1.165, 1.54) is 18.6 Å². The third-order valence-electron chi connectivity index (χ3n) is 4.01. The maximum absolute atomic E-state index is 12.8. The minimum absolute atomic E-state index is 0.106. The number of nitrogens with zero attached hydrogens (tertiary/aromatic N) is 1. The fourth-order valence-corrected chi connectivity index (χ4v) is 4.26. The average molecular weight is 328 g/mol. The number of halogens is 1. The Labute approximate surface area is 132 Å². The molecule has 0 unspecified atom stereocenters. The van der Waals surface area contributed by atoms with Gasteiger partial charge in [-0.1, -0.05) is 13.8 Å². The standard InChI is InChI=1S/C16H25FN2O2S/c1-13-10-14(2)12-19(11-13)9-3-8-18-22(20,21)16-6-4-15(17)5-7-16/h4-7,13-14,18H,3,8-12H2,1-2H3/t13-,14-/m0/s1. The molecule has 0 bridgehead atoms. The lowest BCUT2D eigenvalue weighted by Gasteiger charge is -2.34. The summed E-state index contributed by atoms with van der Waals surface area (Å²) in [6.07, 6.45) is 2.05. The number of piperidine rings is 1. The number of sulfonamides is 1. The molecule has 0 amide bonds. The van der Waals surface area contributed by atoms with E-state index in [1.807, 2.05) is 0 Å². The summed E-state index contributed by atoms with van der Waals surface area (Å²) in [5.74, 6) is 0.978. The van der Waals surface area contributed by atoms with Gasteiger partial charge in [0.1, 0.15) is 5.82 Å². The van der Waals surface area contributed by atoms with Gasteiger partial charge in [-0.05, 0) is 55.5 Å². The zero-order valence-corrected chi connectivity index (χ0v) is 14.1. The van der Waals surface area contributed by atoms with Crippen molar-refractivity contribution in [3.63, 3.8) is 0 Å². The van der Waals surface area contributed by atoms with E-state index in [2.05, 4.69) is 23.5 Å². The Balaban J connectivity index is 1.77. The lowest BCUT2D eigenvalue weighted by molar-refractivity contribution is 0.140.